The summed E-state index contributed by atoms with van der Waals surface area (Å²) < 4.78 is 5.79. The van der Waals surface area contributed by atoms with Crippen LogP contribution in [0.3, 0.4) is 0 Å². The fourth-order valence-corrected chi connectivity index (χ4v) is 4.98. The fraction of sp³-hybridized carbons (Fsp3) is 0.231. The van der Waals surface area contributed by atoms with Gasteiger partial charge in [0.2, 0.25) is 5.82 Å². The van der Waals surface area contributed by atoms with Crippen LogP contribution in [0.5, 0.6) is 0 Å². The molecule has 1 aliphatic rings. The molecule has 1 aliphatic heterocycles. The van der Waals surface area contributed by atoms with E-state index in [0.29, 0.717) is 33.2 Å². The number of para-hydroxylation sites is 1. The lowest BCUT2D eigenvalue weighted by Crippen LogP contribution is -2.14. The summed E-state index contributed by atoms with van der Waals surface area (Å²) in [5.74, 6) is 1.54. The van der Waals surface area contributed by atoms with Crippen molar-refractivity contribution < 1.29 is 4.52 Å². The molecule has 0 aliphatic carbocycles. The maximum Gasteiger partial charge on any atom is 0.254 e. The highest BCUT2D eigenvalue weighted by atomic mass is 35.5. The third-order valence-corrected chi connectivity index (χ3v) is 6.69. The number of hydrogen-bond donors (Lipinski definition) is 1. The van der Waals surface area contributed by atoms with Gasteiger partial charge < -0.3 is 9.84 Å². The Morgan fingerprint density at radius 3 is 2.44 bits per heavy atom. The van der Waals surface area contributed by atoms with E-state index in [0.717, 1.165) is 11.3 Å². The first-order valence-corrected chi connectivity index (χ1v) is 11.5. The van der Waals surface area contributed by atoms with Crippen molar-refractivity contribution in [2.45, 2.75) is 38.6 Å². The van der Waals surface area contributed by atoms with Gasteiger partial charge in [0.15, 0.2) is 0 Å². The Morgan fingerprint density at radius 2 is 1.69 bits per heavy atom. The van der Waals surface area contributed by atoms with Crippen molar-refractivity contribution in [3.8, 4) is 11.4 Å². The molecule has 32 heavy (non-hydrogen) atoms. The minimum absolute atomic E-state index is 0.227. The minimum Gasteiger partial charge on any atom is -0.370 e. The normalized spacial score (nSPS) is 17.4. The molecule has 3 aromatic carbocycles. The van der Waals surface area contributed by atoms with Crippen LogP contribution in [-0.4, -0.2) is 10.1 Å². The largest absolute Gasteiger partial charge is 0.370 e. The van der Waals surface area contributed by atoms with Crippen molar-refractivity contribution in [3.05, 3.63) is 98.9 Å². The van der Waals surface area contributed by atoms with Gasteiger partial charge in [-0.3, -0.25) is 0 Å². The van der Waals surface area contributed by atoms with E-state index in [1.165, 1.54) is 16.7 Å². The summed E-state index contributed by atoms with van der Waals surface area (Å²) in [6, 6.07) is 19.9. The molecule has 6 heteroatoms. The van der Waals surface area contributed by atoms with Crippen LogP contribution in [0.2, 0.25) is 10.0 Å². The van der Waals surface area contributed by atoms with E-state index in [1.807, 2.05) is 12.1 Å². The molecule has 2 atom stereocenters. The fourth-order valence-electron chi connectivity index (χ4n) is 4.48. The van der Waals surface area contributed by atoms with Gasteiger partial charge in [0.1, 0.15) is 6.04 Å². The molecule has 4 aromatic rings. The second-order valence-corrected chi connectivity index (χ2v) is 9.32. The summed E-state index contributed by atoms with van der Waals surface area (Å²) in [5.41, 5.74) is 6.74. The Hall–Kier alpha value is -2.82. The van der Waals surface area contributed by atoms with E-state index < -0.39 is 0 Å². The predicted molar refractivity (Wildman–Crippen MR) is 130 cm³/mol. The molecule has 1 N–H and O–H groups in total. The van der Waals surface area contributed by atoms with Crippen molar-refractivity contribution in [3.63, 3.8) is 0 Å². The van der Waals surface area contributed by atoms with Gasteiger partial charge >= 0.3 is 0 Å². The van der Waals surface area contributed by atoms with Crippen molar-refractivity contribution >= 4 is 28.9 Å². The highest BCUT2D eigenvalue weighted by Gasteiger charge is 2.32. The summed E-state index contributed by atoms with van der Waals surface area (Å²) in [7, 11) is 0. The van der Waals surface area contributed by atoms with Crippen molar-refractivity contribution in [1.29, 1.82) is 0 Å². The highest BCUT2D eigenvalue weighted by Crippen LogP contribution is 2.44. The molecule has 0 radical (unpaired) electrons. The zero-order chi connectivity index (χ0) is 22.4. The first kappa shape index (κ1) is 21.0. The average molecular weight is 464 g/mol. The van der Waals surface area contributed by atoms with Gasteiger partial charge in [-0.25, -0.2) is 0 Å². The van der Waals surface area contributed by atoms with Gasteiger partial charge in [-0.15, -0.1) is 0 Å². The first-order chi connectivity index (χ1) is 15.4. The van der Waals surface area contributed by atoms with Gasteiger partial charge in [0.05, 0.1) is 5.02 Å². The molecule has 2 unspecified atom stereocenters. The van der Waals surface area contributed by atoms with Crippen LogP contribution in [0, 0.1) is 0 Å². The quantitative estimate of drug-likeness (QED) is 0.336. The van der Waals surface area contributed by atoms with Crippen LogP contribution in [0.4, 0.5) is 5.69 Å². The van der Waals surface area contributed by atoms with Crippen LogP contribution < -0.4 is 5.32 Å². The van der Waals surface area contributed by atoms with Gasteiger partial charge in [0, 0.05) is 22.2 Å². The standard InChI is InChI=1S/C26H23Cl2N3O/c1-14(2)17-9-6-10-19-15(3)18-7-4-5-8-20(18)24(29-23(17)19)26-30-25(31-32-26)21-12-11-16(27)13-22(21)28/h4-15,24,29H,1-3H3. The Kier molecular flexibility index (Phi) is 5.44. The third kappa shape index (κ3) is 3.58. The lowest BCUT2D eigenvalue weighted by Gasteiger charge is -2.21. The Bertz CT molecular complexity index is 1300. The van der Waals surface area contributed by atoms with Gasteiger partial charge in [0.25, 0.3) is 5.89 Å². The number of fused-ring (bicyclic) bond motifs is 2. The number of nitrogens with one attached hydrogen (secondary N) is 1. The van der Waals surface area contributed by atoms with Gasteiger partial charge in [-0.2, -0.15) is 4.98 Å². The lowest BCUT2D eigenvalue weighted by molar-refractivity contribution is 0.372. The number of benzene rings is 3. The van der Waals surface area contributed by atoms with Crippen LogP contribution in [0.1, 0.15) is 66.8 Å². The Morgan fingerprint density at radius 1 is 0.938 bits per heavy atom. The van der Waals surface area contributed by atoms with E-state index >= 15 is 0 Å². The zero-order valence-electron chi connectivity index (χ0n) is 18.1. The highest BCUT2D eigenvalue weighted by molar-refractivity contribution is 6.36. The molecule has 2 heterocycles. The maximum atomic E-state index is 6.39. The molecule has 0 bridgehead atoms. The second-order valence-electron chi connectivity index (χ2n) is 8.47. The Balaban J connectivity index is 1.66. The van der Waals surface area contributed by atoms with Crippen molar-refractivity contribution in [1.82, 2.24) is 10.1 Å². The molecule has 0 amide bonds. The van der Waals surface area contributed by atoms with Crippen LogP contribution in [0.15, 0.2) is 65.2 Å². The number of hydrogen-bond acceptors (Lipinski definition) is 4. The molecular formula is C26H23Cl2N3O. The topological polar surface area (TPSA) is 51.0 Å². The number of anilines is 1. The molecule has 0 saturated carbocycles. The summed E-state index contributed by atoms with van der Waals surface area (Å²) in [6.07, 6.45) is 0. The van der Waals surface area contributed by atoms with Crippen LogP contribution in [0.25, 0.3) is 11.4 Å². The summed E-state index contributed by atoms with van der Waals surface area (Å²) >= 11 is 12.4. The molecule has 0 spiro atoms. The smallest absolute Gasteiger partial charge is 0.254 e. The Labute approximate surface area is 197 Å². The monoisotopic (exact) mass is 463 g/mol. The lowest BCUT2D eigenvalue weighted by atomic mass is 9.87. The van der Waals surface area contributed by atoms with E-state index in [4.69, 9.17) is 32.7 Å². The van der Waals surface area contributed by atoms with Crippen LogP contribution >= 0.6 is 23.2 Å². The molecule has 4 nitrogen and oxygen atoms in total. The van der Waals surface area contributed by atoms with Crippen LogP contribution in [-0.2, 0) is 0 Å². The molecule has 0 fully saturated rings. The summed E-state index contributed by atoms with van der Waals surface area (Å²) in [5, 5.41) is 9.03. The number of halogens is 2. The second kappa shape index (κ2) is 8.27. The van der Waals surface area contributed by atoms with Crippen molar-refractivity contribution in [2.24, 2.45) is 0 Å². The van der Waals surface area contributed by atoms with Gasteiger partial charge in [-0.1, -0.05) is 91.6 Å². The third-order valence-electron chi connectivity index (χ3n) is 6.14. The number of rotatable bonds is 3. The first-order valence-electron chi connectivity index (χ1n) is 10.7. The molecule has 162 valence electrons. The summed E-state index contributed by atoms with van der Waals surface area (Å²) in [4.78, 5) is 4.74. The average Bonchev–Trinajstić information content (AvgIpc) is 3.21. The zero-order valence-corrected chi connectivity index (χ0v) is 19.6. The molecule has 1 aromatic heterocycles. The van der Waals surface area contributed by atoms with E-state index in [-0.39, 0.29) is 12.0 Å². The molecular weight excluding hydrogens is 441 g/mol. The molecule has 5 rings (SSSR count). The number of aromatic nitrogens is 2. The molecule has 0 saturated heterocycles. The predicted octanol–water partition coefficient (Wildman–Crippen LogP) is 7.83. The van der Waals surface area contributed by atoms with E-state index in [9.17, 15) is 0 Å². The van der Waals surface area contributed by atoms with E-state index in [1.54, 1.807) is 12.1 Å². The summed E-state index contributed by atoms with van der Waals surface area (Å²) in [6.45, 7) is 6.67. The number of nitrogens with zero attached hydrogens (tertiary/aromatic N) is 2. The van der Waals surface area contributed by atoms with Gasteiger partial charge in [-0.05, 0) is 46.4 Å². The SMILES string of the molecule is CC(C)c1cccc2c1NC(c1nc(-c3ccc(Cl)cc3Cl)no1)c1ccccc1C2C. The van der Waals surface area contributed by atoms with Crippen molar-refractivity contribution in [2.75, 3.05) is 5.32 Å². The minimum atomic E-state index is -0.276. The maximum absolute atomic E-state index is 6.39. The van der Waals surface area contributed by atoms with E-state index in [2.05, 4.69) is 67.6 Å².